The van der Waals surface area contributed by atoms with Crippen molar-refractivity contribution in [1.82, 2.24) is 10.6 Å². The monoisotopic (exact) mass is 404 g/mol. The van der Waals surface area contributed by atoms with E-state index in [-0.39, 0.29) is 36.5 Å². The molecular weight excluding hydrogens is 380 g/mol. The third kappa shape index (κ3) is 4.97. The van der Waals surface area contributed by atoms with E-state index in [2.05, 4.69) is 10.6 Å². The molecule has 154 valence electrons. The van der Waals surface area contributed by atoms with Crippen LogP contribution in [-0.4, -0.2) is 25.9 Å². The summed E-state index contributed by atoms with van der Waals surface area (Å²) in [6.45, 7) is 0.452. The summed E-state index contributed by atoms with van der Waals surface area (Å²) < 4.78 is 12.1. The van der Waals surface area contributed by atoms with Crippen molar-refractivity contribution in [3.05, 3.63) is 95.1 Å². The van der Waals surface area contributed by atoms with Crippen molar-refractivity contribution in [3.8, 4) is 11.5 Å². The fourth-order valence-corrected chi connectivity index (χ4v) is 2.94. The Kier molecular flexibility index (Phi) is 7.05. The second kappa shape index (κ2) is 10.1. The van der Waals surface area contributed by atoms with E-state index in [1.807, 2.05) is 60.7 Å². The molecule has 30 heavy (non-hydrogen) atoms. The molecule has 3 aromatic rings. The Bertz CT molecular complexity index is 922. The summed E-state index contributed by atoms with van der Waals surface area (Å²) in [6, 6.07) is 22.3. The van der Waals surface area contributed by atoms with Crippen molar-refractivity contribution in [3.63, 3.8) is 0 Å². The van der Waals surface area contributed by atoms with Gasteiger partial charge in [0.25, 0.3) is 11.8 Å². The molecule has 3 aromatic carbocycles. The van der Waals surface area contributed by atoms with Crippen LogP contribution in [0.4, 0.5) is 0 Å². The number of ether oxygens (including phenoxy) is 2. The summed E-state index contributed by atoms with van der Waals surface area (Å²) >= 11 is 0. The maximum Gasteiger partial charge on any atom is 0.254 e. The Morgan fingerprint density at radius 1 is 0.633 bits per heavy atom. The van der Waals surface area contributed by atoms with Gasteiger partial charge in [-0.05, 0) is 23.3 Å². The SMILES string of the molecule is CNC(=O)c1ccc(C(=O)NC)c(OCc2ccccc2)c1OCc1ccccc1. The van der Waals surface area contributed by atoms with E-state index in [1.165, 1.54) is 0 Å². The molecule has 2 amide bonds. The van der Waals surface area contributed by atoms with Gasteiger partial charge in [0.1, 0.15) is 13.2 Å². The normalized spacial score (nSPS) is 10.2. The Balaban J connectivity index is 2.02. The van der Waals surface area contributed by atoms with E-state index in [1.54, 1.807) is 26.2 Å². The lowest BCUT2D eigenvalue weighted by Crippen LogP contribution is -2.22. The van der Waals surface area contributed by atoms with Gasteiger partial charge >= 0.3 is 0 Å². The van der Waals surface area contributed by atoms with Crippen LogP contribution in [0.3, 0.4) is 0 Å². The number of rotatable bonds is 8. The van der Waals surface area contributed by atoms with Crippen LogP contribution >= 0.6 is 0 Å². The summed E-state index contributed by atoms with van der Waals surface area (Å²) in [6.07, 6.45) is 0. The minimum absolute atomic E-state index is 0.226. The molecule has 6 nitrogen and oxygen atoms in total. The minimum Gasteiger partial charge on any atom is -0.484 e. The molecule has 0 aliphatic rings. The fourth-order valence-electron chi connectivity index (χ4n) is 2.94. The van der Waals surface area contributed by atoms with Crippen molar-refractivity contribution < 1.29 is 19.1 Å². The van der Waals surface area contributed by atoms with Gasteiger partial charge in [0.2, 0.25) is 0 Å². The molecule has 0 heterocycles. The minimum atomic E-state index is -0.328. The predicted molar refractivity (Wildman–Crippen MR) is 115 cm³/mol. The third-order valence-corrected chi connectivity index (χ3v) is 4.51. The van der Waals surface area contributed by atoms with Gasteiger partial charge in [0.05, 0.1) is 11.1 Å². The van der Waals surface area contributed by atoms with E-state index < -0.39 is 0 Å². The zero-order chi connectivity index (χ0) is 21.3. The number of amides is 2. The first-order valence-corrected chi connectivity index (χ1v) is 9.58. The molecule has 0 aliphatic heterocycles. The van der Waals surface area contributed by atoms with Crippen molar-refractivity contribution in [1.29, 1.82) is 0 Å². The van der Waals surface area contributed by atoms with E-state index in [0.29, 0.717) is 11.1 Å². The first kappa shape index (κ1) is 20.9. The van der Waals surface area contributed by atoms with Gasteiger partial charge in [-0.1, -0.05) is 60.7 Å². The Hall–Kier alpha value is -3.80. The highest BCUT2D eigenvalue weighted by Crippen LogP contribution is 2.36. The summed E-state index contributed by atoms with van der Waals surface area (Å²) in [5.74, 6) is -0.192. The zero-order valence-corrected chi connectivity index (χ0v) is 17.0. The third-order valence-electron chi connectivity index (χ3n) is 4.51. The van der Waals surface area contributed by atoms with E-state index in [0.717, 1.165) is 11.1 Å². The van der Waals surface area contributed by atoms with Crippen LogP contribution in [0.5, 0.6) is 11.5 Å². The highest BCUT2D eigenvalue weighted by atomic mass is 16.5. The van der Waals surface area contributed by atoms with Gasteiger partial charge in [-0.3, -0.25) is 9.59 Å². The lowest BCUT2D eigenvalue weighted by molar-refractivity contribution is 0.0941. The Morgan fingerprint density at radius 3 is 1.33 bits per heavy atom. The second-order valence-corrected chi connectivity index (χ2v) is 6.53. The summed E-state index contributed by atoms with van der Waals surface area (Å²) in [4.78, 5) is 25.0. The van der Waals surface area contributed by atoms with Crippen LogP contribution in [0.15, 0.2) is 72.8 Å². The van der Waals surface area contributed by atoms with Crippen molar-refractivity contribution in [2.45, 2.75) is 13.2 Å². The topological polar surface area (TPSA) is 76.7 Å². The average Bonchev–Trinajstić information content (AvgIpc) is 2.81. The van der Waals surface area contributed by atoms with Gasteiger partial charge in [-0.2, -0.15) is 0 Å². The van der Waals surface area contributed by atoms with E-state index in [9.17, 15) is 9.59 Å². The van der Waals surface area contributed by atoms with Crippen molar-refractivity contribution >= 4 is 11.8 Å². The number of hydrogen-bond acceptors (Lipinski definition) is 4. The molecule has 0 atom stereocenters. The molecule has 0 fully saturated rings. The number of nitrogens with one attached hydrogen (secondary N) is 2. The molecule has 0 aliphatic carbocycles. The first-order valence-electron chi connectivity index (χ1n) is 9.58. The summed E-state index contributed by atoms with van der Waals surface area (Å²) in [5, 5.41) is 5.22. The van der Waals surface area contributed by atoms with Crippen LogP contribution < -0.4 is 20.1 Å². The number of carbonyl (C=O) groups excluding carboxylic acids is 2. The fraction of sp³-hybridized carbons (Fsp3) is 0.167. The van der Waals surface area contributed by atoms with Crippen LogP contribution in [0.1, 0.15) is 31.8 Å². The smallest absolute Gasteiger partial charge is 0.254 e. The largest absolute Gasteiger partial charge is 0.484 e. The lowest BCUT2D eigenvalue weighted by atomic mass is 10.1. The van der Waals surface area contributed by atoms with Gasteiger partial charge in [0, 0.05) is 14.1 Å². The molecule has 6 heteroatoms. The van der Waals surface area contributed by atoms with E-state index >= 15 is 0 Å². The average molecular weight is 404 g/mol. The van der Waals surface area contributed by atoms with Crippen molar-refractivity contribution in [2.24, 2.45) is 0 Å². The van der Waals surface area contributed by atoms with Crippen LogP contribution in [0, 0.1) is 0 Å². The maximum atomic E-state index is 12.5. The van der Waals surface area contributed by atoms with Gasteiger partial charge in [0.15, 0.2) is 11.5 Å². The highest BCUT2D eigenvalue weighted by molar-refractivity contribution is 6.03. The molecule has 0 bridgehead atoms. The second-order valence-electron chi connectivity index (χ2n) is 6.53. The molecule has 0 unspecified atom stereocenters. The predicted octanol–water partition coefficient (Wildman–Crippen LogP) is 3.56. The lowest BCUT2D eigenvalue weighted by Gasteiger charge is -2.19. The van der Waals surface area contributed by atoms with Crippen LogP contribution in [0.25, 0.3) is 0 Å². The molecule has 0 spiro atoms. The van der Waals surface area contributed by atoms with E-state index in [4.69, 9.17) is 9.47 Å². The molecule has 3 rings (SSSR count). The molecule has 0 saturated heterocycles. The molecule has 2 N–H and O–H groups in total. The number of hydrogen-bond donors (Lipinski definition) is 2. The molecule has 0 aromatic heterocycles. The quantitative estimate of drug-likeness (QED) is 0.602. The van der Waals surface area contributed by atoms with Crippen LogP contribution in [-0.2, 0) is 13.2 Å². The standard InChI is InChI=1S/C24H24N2O4/c1-25-23(27)19-13-14-20(24(28)26-2)22(30-16-18-11-7-4-8-12-18)21(19)29-15-17-9-5-3-6-10-17/h3-14H,15-16H2,1-2H3,(H,25,27)(H,26,28). The number of benzene rings is 3. The highest BCUT2D eigenvalue weighted by Gasteiger charge is 2.24. The summed E-state index contributed by atoms with van der Waals surface area (Å²) in [5.41, 5.74) is 2.45. The maximum absolute atomic E-state index is 12.5. The molecule has 0 saturated carbocycles. The number of carbonyl (C=O) groups is 2. The Morgan fingerprint density at radius 2 is 1.00 bits per heavy atom. The van der Waals surface area contributed by atoms with Crippen LogP contribution in [0.2, 0.25) is 0 Å². The molecule has 0 radical (unpaired) electrons. The van der Waals surface area contributed by atoms with Gasteiger partial charge < -0.3 is 20.1 Å². The molecular formula is C24H24N2O4. The zero-order valence-electron chi connectivity index (χ0n) is 17.0. The summed E-state index contributed by atoms with van der Waals surface area (Å²) in [7, 11) is 3.08. The van der Waals surface area contributed by atoms with Gasteiger partial charge in [-0.15, -0.1) is 0 Å². The first-order chi connectivity index (χ1) is 14.6. The van der Waals surface area contributed by atoms with Crippen molar-refractivity contribution in [2.75, 3.05) is 14.1 Å². The Labute approximate surface area is 175 Å². The van der Waals surface area contributed by atoms with Gasteiger partial charge in [-0.25, -0.2) is 0 Å².